The van der Waals surface area contributed by atoms with Crippen LogP contribution in [0.4, 0.5) is 0 Å². The number of hydrogen-bond donors (Lipinski definition) is 0. The van der Waals surface area contributed by atoms with E-state index in [1.54, 1.807) is 0 Å². The van der Waals surface area contributed by atoms with Crippen molar-refractivity contribution in [2.24, 2.45) is 0 Å². The molecule has 0 N–H and O–H groups in total. The third kappa shape index (κ3) is 7.15. The lowest BCUT2D eigenvalue weighted by molar-refractivity contribution is -0.107. The topological polar surface area (TPSA) is 74.3 Å². The maximum absolute atomic E-state index is 10.6. The molecule has 0 aliphatic carbocycles. The Morgan fingerprint density at radius 1 is 0.955 bits per heavy atom. The van der Waals surface area contributed by atoms with Crippen LogP contribution in [0, 0.1) is 0 Å². The minimum atomic E-state index is -4.15. The second-order valence-corrected chi connectivity index (χ2v) is 6.64. The van der Waals surface area contributed by atoms with Crippen molar-refractivity contribution in [2.45, 2.75) is 25.0 Å². The summed E-state index contributed by atoms with van der Waals surface area (Å²) < 4.78 is 31.7. The first-order valence-electron chi connectivity index (χ1n) is 6.89. The largest absolute Gasteiger partial charge is 0.748 e. The van der Waals surface area contributed by atoms with Gasteiger partial charge in [-0.2, -0.15) is 0 Å². The fourth-order valence-electron chi connectivity index (χ4n) is 1.76. The van der Waals surface area contributed by atoms with Crippen LogP contribution in [0.3, 0.4) is 0 Å². The highest BCUT2D eigenvalue weighted by molar-refractivity contribution is 7.86. The Morgan fingerprint density at radius 3 is 1.82 bits per heavy atom. The Bertz CT molecular complexity index is 652. The molecule has 2 aromatic rings. The second kappa shape index (κ2) is 9.12. The average Bonchev–Trinajstić information content (AvgIpc) is 2.49. The zero-order chi connectivity index (χ0) is 16.4. The molecule has 0 bridgehead atoms. The SMILES string of the molecule is CC(Cc1ccccc1)S(=O)(=O)[O-].O=CCc1ccccc1. The van der Waals surface area contributed by atoms with Crippen molar-refractivity contribution in [2.75, 3.05) is 0 Å². The van der Waals surface area contributed by atoms with E-state index in [4.69, 9.17) is 0 Å². The maximum Gasteiger partial charge on any atom is 0.124 e. The number of benzene rings is 2. The van der Waals surface area contributed by atoms with Crippen LogP contribution < -0.4 is 0 Å². The molecule has 0 radical (unpaired) electrons. The smallest absolute Gasteiger partial charge is 0.124 e. The van der Waals surface area contributed by atoms with Gasteiger partial charge in [0.2, 0.25) is 0 Å². The molecule has 5 heteroatoms. The van der Waals surface area contributed by atoms with Gasteiger partial charge in [0.1, 0.15) is 6.29 Å². The minimum Gasteiger partial charge on any atom is -0.748 e. The Balaban J connectivity index is 0.000000235. The Labute approximate surface area is 131 Å². The number of hydrogen-bond acceptors (Lipinski definition) is 4. The number of carbonyl (C=O) groups is 1. The standard InChI is InChI=1S/C9H12O3S.C8H8O/c1-8(13(10,11)12)7-9-5-3-2-4-6-9;9-7-6-8-4-2-1-3-5-8/h2-6,8H,7H2,1H3,(H,10,11,12);1-5,7H,6H2/p-1. The molecule has 1 unspecified atom stereocenters. The summed E-state index contributed by atoms with van der Waals surface area (Å²) in [5, 5.41) is -0.852. The molecule has 0 aromatic heterocycles. The van der Waals surface area contributed by atoms with Crippen molar-refractivity contribution in [3.8, 4) is 0 Å². The van der Waals surface area contributed by atoms with Crippen molar-refractivity contribution >= 4 is 16.4 Å². The highest BCUT2D eigenvalue weighted by Crippen LogP contribution is 2.07. The van der Waals surface area contributed by atoms with E-state index in [-0.39, 0.29) is 6.42 Å². The average molecular weight is 319 g/mol. The van der Waals surface area contributed by atoms with Gasteiger partial charge in [0, 0.05) is 6.42 Å². The summed E-state index contributed by atoms with van der Waals surface area (Å²) in [4.78, 5) is 9.97. The predicted octanol–water partition coefficient (Wildman–Crippen LogP) is 2.59. The molecular weight excluding hydrogens is 300 g/mol. The Hall–Kier alpha value is -1.98. The van der Waals surface area contributed by atoms with Gasteiger partial charge in [-0.1, -0.05) is 60.7 Å². The Morgan fingerprint density at radius 2 is 1.41 bits per heavy atom. The fraction of sp³-hybridized carbons (Fsp3) is 0.235. The fourth-order valence-corrected chi connectivity index (χ4v) is 2.15. The number of aldehydes is 1. The van der Waals surface area contributed by atoms with E-state index in [2.05, 4.69) is 0 Å². The molecule has 0 aliphatic heterocycles. The third-order valence-electron chi connectivity index (χ3n) is 3.02. The van der Waals surface area contributed by atoms with E-state index in [1.165, 1.54) is 6.92 Å². The van der Waals surface area contributed by atoms with Crippen molar-refractivity contribution in [3.05, 3.63) is 71.8 Å². The van der Waals surface area contributed by atoms with E-state index in [9.17, 15) is 17.8 Å². The number of carbonyl (C=O) groups excluding carboxylic acids is 1. The maximum atomic E-state index is 10.6. The van der Waals surface area contributed by atoms with Gasteiger partial charge in [-0.05, 0) is 24.5 Å². The van der Waals surface area contributed by atoms with Gasteiger partial charge in [0.05, 0.1) is 15.4 Å². The summed E-state index contributed by atoms with van der Waals surface area (Å²) in [6.07, 6.45) is 1.73. The van der Waals surface area contributed by atoms with Crippen LogP contribution in [-0.2, 0) is 27.8 Å². The highest BCUT2D eigenvalue weighted by Gasteiger charge is 2.09. The minimum absolute atomic E-state index is 0.284. The summed E-state index contributed by atoms with van der Waals surface area (Å²) in [5.74, 6) is 0. The summed E-state index contributed by atoms with van der Waals surface area (Å²) >= 11 is 0. The van der Waals surface area contributed by atoms with E-state index in [0.717, 1.165) is 17.4 Å². The molecule has 118 valence electrons. The van der Waals surface area contributed by atoms with Gasteiger partial charge in [-0.15, -0.1) is 0 Å². The molecule has 2 aromatic carbocycles. The zero-order valence-corrected chi connectivity index (χ0v) is 13.2. The van der Waals surface area contributed by atoms with Gasteiger partial charge in [0.15, 0.2) is 0 Å². The van der Waals surface area contributed by atoms with Crippen LogP contribution in [0.1, 0.15) is 18.1 Å². The van der Waals surface area contributed by atoms with Crippen LogP contribution in [0.15, 0.2) is 60.7 Å². The first-order valence-corrected chi connectivity index (χ1v) is 8.37. The molecule has 2 rings (SSSR count). The molecule has 1 atom stereocenters. The molecule has 0 spiro atoms. The van der Waals surface area contributed by atoms with Crippen LogP contribution in [0.25, 0.3) is 0 Å². The lowest BCUT2D eigenvalue weighted by Gasteiger charge is -2.15. The van der Waals surface area contributed by atoms with Gasteiger partial charge < -0.3 is 9.35 Å². The molecule has 22 heavy (non-hydrogen) atoms. The predicted molar refractivity (Wildman–Crippen MR) is 85.5 cm³/mol. The van der Waals surface area contributed by atoms with Gasteiger partial charge >= 0.3 is 0 Å². The quantitative estimate of drug-likeness (QED) is 0.627. The van der Waals surface area contributed by atoms with Gasteiger partial charge in [-0.3, -0.25) is 0 Å². The molecule has 0 heterocycles. The van der Waals surface area contributed by atoms with E-state index >= 15 is 0 Å². The van der Waals surface area contributed by atoms with Crippen molar-refractivity contribution in [1.82, 2.24) is 0 Å². The molecule has 0 aliphatic rings. The summed E-state index contributed by atoms with van der Waals surface area (Å²) in [6, 6.07) is 18.8. The zero-order valence-electron chi connectivity index (χ0n) is 12.4. The molecule has 0 fully saturated rings. The first kappa shape index (κ1) is 18.1. The van der Waals surface area contributed by atoms with Crippen LogP contribution >= 0.6 is 0 Å². The van der Waals surface area contributed by atoms with Crippen LogP contribution in [-0.4, -0.2) is 24.5 Å². The third-order valence-corrected chi connectivity index (χ3v) is 4.17. The lowest BCUT2D eigenvalue weighted by atomic mass is 10.1. The second-order valence-electron chi connectivity index (χ2n) is 4.85. The molecule has 0 amide bonds. The summed E-state index contributed by atoms with van der Waals surface area (Å²) in [5.41, 5.74) is 1.95. The molecule has 0 saturated heterocycles. The van der Waals surface area contributed by atoms with Crippen molar-refractivity contribution < 1.29 is 17.8 Å². The highest BCUT2D eigenvalue weighted by atomic mass is 32.2. The van der Waals surface area contributed by atoms with E-state index < -0.39 is 15.4 Å². The van der Waals surface area contributed by atoms with E-state index in [0.29, 0.717) is 6.42 Å². The van der Waals surface area contributed by atoms with Crippen LogP contribution in [0.5, 0.6) is 0 Å². The Kier molecular flexibility index (Phi) is 7.49. The monoisotopic (exact) mass is 319 g/mol. The van der Waals surface area contributed by atoms with Crippen molar-refractivity contribution in [1.29, 1.82) is 0 Å². The first-order chi connectivity index (χ1) is 10.4. The summed E-state index contributed by atoms with van der Waals surface area (Å²) in [6.45, 7) is 1.43. The van der Waals surface area contributed by atoms with Crippen LogP contribution in [0.2, 0.25) is 0 Å². The molecule has 4 nitrogen and oxygen atoms in total. The number of rotatable bonds is 5. The van der Waals surface area contributed by atoms with E-state index in [1.807, 2.05) is 60.7 Å². The van der Waals surface area contributed by atoms with Gasteiger partial charge in [-0.25, -0.2) is 8.42 Å². The normalized spacial score (nSPS) is 11.9. The lowest BCUT2D eigenvalue weighted by Crippen LogP contribution is -2.19. The molecule has 0 saturated carbocycles. The van der Waals surface area contributed by atoms with Gasteiger partial charge in [0.25, 0.3) is 0 Å². The molecular formula is C17H19O4S-. The van der Waals surface area contributed by atoms with Crippen molar-refractivity contribution in [3.63, 3.8) is 0 Å². The summed E-state index contributed by atoms with van der Waals surface area (Å²) in [7, 11) is -4.15.